The van der Waals surface area contributed by atoms with E-state index in [2.05, 4.69) is 5.10 Å². The Morgan fingerprint density at radius 2 is 2.05 bits per heavy atom. The fourth-order valence-electron chi connectivity index (χ4n) is 2.99. The fourth-order valence-corrected chi connectivity index (χ4v) is 2.99. The van der Waals surface area contributed by atoms with Gasteiger partial charge in [-0.25, -0.2) is 0 Å². The molecular formula is C15H17N3O2. The second kappa shape index (κ2) is 4.45. The number of aromatic nitrogens is 2. The maximum atomic E-state index is 11.7. The molecule has 1 aliphatic carbocycles. The number of carboxylic acids is 1. The highest BCUT2D eigenvalue weighted by Crippen LogP contribution is 2.44. The van der Waals surface area contributed by atoms with E-state index in [1.54, 1.807) is 11.7 Å². The molecule has 0 unspecified atom stereocenters. The number of aliphatic carboxylic acids is 1. The van der Waals surface area contributed by atoms with Crippen LogP contribution in [0.3, 0.4) is 0 Å². The zero-order valence-corrected chi connectivity index (χ0v) is 11.3. The van der Waals surface area contributed by atoms with E-state index in [1.807, 2.05) is 36.4 Å². The Balaban J connectivity index is 2.04. The van der Waals surface area contributed by atoms with Gasteiger partial charge < -0.3 is 10.8 Å². The van der Waals surface area contributed by atoms with E-state index in [4.69, 9.17) is 5.73 Å². The van der Waals surface area contributed by atoms with Crippen LogP contribution in [0.4, 0.5) is 0 Å². The summed E-state index contributed by atoms with van der Waals surface area (Å²) in [5.41, 5.74) is 7.43. The fraction of sp³-hybridized carbons (Fsp3) is 0.333. The van der Waals surface area contributed by atoms with Gasteiger partial charge in [-0.05, 0) is 18.9 Å². The van der Waals surface area contributed by atoms with Crippen LogP contribution in [0.5, 0.6) is 0 Å². The van der Waals surface area contributed by atoms with Gasteiger partial charge in [-0.1, -0.05) is 30.3 Å². The Morgan fingerprint density at radius 3 is 2.60 bits per heavy atom. The molecule has 0 radical (unpaired) electrons. The van der Waals surface area contributed by atoms with Crippen LogP contribution in [0.2, 0.25) is 0 Å². The maximum Gasteiger partial charge on any atom is 0.315 e. The van der Waals surface area contributed by atoms with E-state index in [-0.39, 0.29) is 6.04 Å². The number of rotatable bonds is 3. The smallest absolute Gasteiger partial charge is 0.315 e. The first-order valence-electron chi connectivity index (χ1n) is 6.62. The molecule has 5 nitrogen and oxygen atoms in total. The Hall–Kier alpha value is -2.14. The third-order valence-corrected chi connectivity index (χ3v) is 4.07. The average molecular weight is 271 g/mol. The van der Waals surface area contributed by atoms with Crippen LogP contribution >= 0.6 is 0 Å². The molecule has 0 bridgehead atoms. The van der Waals surface area contributed by atoms with Crippen molar-refractivity contribution in [2.24, 2.45) is 12.8 Å². The highest BCUT2D eigenvalue weighted by atomic mass is 16.4. The first-order chi connectivity index (χ1) is 9.53. The van der Waals surface area contributed by atoms with E-state index >= 15 is 0 Å². The number of benzene rings is 1. The lowest BCUT2D eigenvalue weighted by Crippen LogP contribution is -2.55. The van der Waals surface area contributed by atoms with Crippen molar-refractivity contribution in [1.82, 2.24) is 9.78 Å². The number of carboxylic acid groups (broad SMARTS) is 1. The molecule has 0 aliphatic heterocycles. The number of hydrogen-bond acceptors (Lipinski definition) is 3. The number of hydrogen-bond donors (Lipinski definition) is 2. The molecule has 0 atom stereocenters. The summed E-state index contributed by atoms with van der Waals surface area (Å²) in [5.74, 6) is -0.818. The molecule has 1 aromatic carbocycles. The van der Waals surface area contributed by atoms with Gasteiger partial charge in [0.15, 0.2) is 0 Å². The predicted octanol–water partition coefficient (Wildman–Crippen LogP) is 1.53. The lowest BCUT2D eigenvalue weighted by molar-refractivity contribution is -0.148. The van der Waals surface area contributed by atoms with Crippen molar-refractivity contribution in [3.05, 3.63) is 42.1 Å². The van der Waals surface area contributed by atoms with Gasteiger partial charge >= 0.3 is 5.97 Å². The van der Waals surface area contributed by atoms with Gasteiger partial charge in [0.1, 0.15) is 5.41 Å². The Bertz CT molecular complexity index is 642. The average Bonchev–Trinajstić information content (AvgIpc) is 2.78. The quantitative estimate of drug-likeness (QED) is 0.887. The monoisotopic (exact) mass is 271 g/mol. The van der Waals surface area contributed by atoms with Crippen LogP contribution in [-0.4, -0.2) is 26.9 Å². The second-order valence-electron chi connectivity index (χ2n) is 5.46. The summed E-state index contributed by atoms with van der Waals surface area (Å²) in [5, 5.41) is 14.0. The topological polar surface area (TPSA) is 81.1 Å². The second-order valence-corrected chi connectivity index (χ2v) is 5.46. The Kier molecular flexibility index (Phi) is 2.87. The third kappa shape index (κ3) is 1.82. The van der Waals surface area contributed by atoms with Gasteiger partial charge in [0.2, 0.25) is 0 Å². The van der Waals surface area contributed by atoms with E-state index in [0.717, 1.165) is 17.0 Å². The Morgan fingerprint density at radius 1 is 1.40 bits per heavy atom. The normalized spacial score (nSPS) is 25.2. The summed E-state index contributed by atoms with van der Waals surface area (Å²) in [4.78, 5) is 11.7. The predicted molar refractivity (Wildman–Crippen MR) is 75.2 cm³/mol. The van der Waals surface area contributed by atoms with Gasteiger partial charge in [0, 0.05) is 18.7 Å². The molecule has 2 aromatic rings. The van der Waals surface area contributed by atoms with Crippen LogP contribution in [0, 0.1) is 0 Å². The molecule has 1 saturated carbocycles. The largest absolute Gasteiger partial charge is 0.481 e. The summed E-state index contributed by atoms with van der Waals surface area (Å²) in [6.07, 6.45) is 0.937. The van der Waals surface area contributed by atoms with Gasteiger partial charge in [0.25, 0.3) is 0 Å². The van der Waals surface area contributed by atoms with Gasteiger partial charge in [0.05, 0.1) is 11.4 Å². The van der Waals surface area contributed by atoms with E-state index in [0.29, 0.717) is 12.8 Å². The minimum Gasteiger partial charge on any atom is -0.481 e. The molecule has 1 heterocycles. The SMILES string of the molecule is Cn1nc(-c2ccccc2)cc1C1(C(=O)O)CC(N)C1. The van der Waals surface area contributed by atoms with Crippen molar-refractivity contribution in [2.45, 2.75) is 24.3 Å². The summed E-state index contributed by atoms with van der Waals surface area (Å²) in [6.45, 7) is 0. The number of aryl methyl sites for hydroxylation is 1. The number of nitrogens with two attached hydrogens (primary N) is 1. The molecule has 104 valence electrons. The van der Waals surface area contributed by atoms with Gasteiger partial charge in [-0.15, -0.1) is 0 Å². The molecule has 3 N–H and O–H groups in total. The zero-order chi connectivity index (χ0) is 14.3. The van der Waals surface area contributed by atoms with Crippen LogP contribution < -0.4 is 5.73 Å². The van der Waals surface area contributed by atoms with Crippen LogP contribution in [0.25, 0.3) is 11.3 Å². The molecule has 20 heavy (non-hydrogen) atoms. The molecule has 3 rings (SSSR count). The lowest BCUT2D eigenvalue weighted by Gasteiger charge is -2.42. The molecule has 1 aliphatic rings. The van der Waals surface area contributed by atoms with Gasteiger partial charge in [-0.2, -0.15) is 5.10 Å². The van der Waals surface area contributed by atoms with Crippen molar-refractivity contribution in [3.63, 3.8) is 0 Å². The minimum absolute atomic E-state index is 0.0406. The van der Waals surface area contributed by atoms with Gasteiger partial charge in [-0.3, -0.25) is 9.48 Å². The summed E-state index contributed by atoms with van der Waals surface area (Å²) < 4.78 is 1.67. The summed E-state index contributed by atoms with van der Waals surface area (Å²) in [7, 11) is 1.79. The van der Waals surface area contributed by atoms with Crippen molar-refractivity contribution >= 4 is 5.97 Å². The van der Waals surface area contributed by atoms with Crippen LogP contribution in [0.1, 0.15) is 18.5 Å². The molecule has 1 fully saturated rings. The minimum atomic E-state index is -0.881. The molecule has 0 spiro atoms. The maximum absolute atomic E-state index is 11.7. The van der Waals surface area contributed by atoms with Crippen molar-refractivity contribution in [1.29, 1.82) is 0 Å². The third-order valence-electron chi connectivity index (χ3n) is 4.07. The summed E-state index contributed by atoms with van der Waals surface area (Å²) in [6, 6.07) is 11.6. The molecular weight excluding hydrogens is 254 g/mol. The molecule has 0 saturated heterocycles. The first kappa shape index (κ1) is 12.9. The van der Waals surface area contributed by atoms with E-state index in [9.17, 15) is 9.90 Å². The number of carbonyl (C=O) groups is 1. The number of nitrogens with zero attached hydrogens (tertiary/aromatic N) is 2. The lowest BCUT2D eigenvalue weighted by atomic mass is 9.63. The van der Waals surface area contributed by atoms with Crippen molar-refractivity contribution in [3.8, 4) is 11.3 Å². The highest BCUT2D eigenvalue weighted by molar-refractivity contribution is 5.83. The van der Waals surface area contributed by atoms with E-state index in [1.165, 1.54) is 0 Å². The van der Waals surface area contributed by atoms with Crippen LogP contribution in [0.15, 0.2) is 36.4 Å². The Labute approximate surface area is 117 Å². The van der Waals surface area contributed by atoms with Crippen molar-refractivity contribution in [2.75, 3.05) is 0 Å². The molecule has 0 amide bonds. The van der Waals surface area contributed by atoms with Crippen LogP contribution in [-0.2, 0) is 17.3 Å². The standard InChI is InChI=1S/C15H17N3O2/c1-18-13(15(14(19)20)8-11(16)9-15)7-12(17-18)10-5-3-2-4-6-10/h2-7,11H,8-9,16H2,1H3,(H,19,20). The zero-order valence-electron chi connectivity index (χ0n) is 11.3. The summed E-state index contributed by atoms with van der Waals surface area (Å²) >= 11 is 0. The van der Waals surface area contributed by atoms with Crippen molar-refractivity contribution < 1.29 is 9.90 Å². The highest BCUT2D eigenvalue weighted by Gasteiger charge is 2.52. The van der Waals surface area contributed by atoms with E-state index < -0.39 is 11.4 Å². The molecule has 1 aromatic heterocycles. The molecule has 5 heteroatoms. The first-order valence-corrected chi connectivity index (χ1v) is 6.62.